The summed E-state index contributed by atoms with van der Waals surface area (Å²) in [6.07, 6.45) is 3.00. The van der Waals surface area contributed by atoms with Gasteiger partial charge in [0.25, 0.3) is 11.9 Å². The molecule has 1 fully saturated rings. The van der Waals surface area contributed by atoms with Crippen LogP contribution < -0.4 is 15.0 Å². The molecule has 1 aromatic heterocycles. The zero-order valence-corrected chi connectivity index (χ0v) is 16.3. The second kappa shape index (κ2) is 7.40. The van der Waals surface area contributed by atoms with E-state index in [1.54, 1.807) is 13.2 Å². The molecule has 0 bridgehead atoms. The third-order valence-corrected chi connectivity index (χ3v) is 5.57. The molecule has 29 heavy (non-hydrogen) atoms. The van der Waals surface area contributed by atoms with Gasteiger partial charge in [-0.2, -0.15) is 4.98 Å². The number of carbonyl (C=O) groups excluding carboxylic acids is 1. The maximum absolute atomic E-state index is 12.7. The van der Waals surface area contributed by atoms with E-state index in [1.165, 1.54) is 0 Å². The quantitative estimate of drug-likeness (QED) is 0.713. The average molecular weight is 393 g/mol. The minimum absolute atomic E-state index is 0.150. The van der Waals surface area contributed by atoms with Crippen molar-refractivity contribution in [3.8, 4) is 5.75 Å². The Bertz CT molecular complexity index is 1060. The molecule has 2 aliphatic rings. The first kappa shape index (κ1) is 18.0. The normalized spacial score (nSPS) is 18.1. The second-order valence-corrected chi connectivity index (χ2v) is 7.50. The van der Waals surface area contributed by atoms with Crippen LogP contribution in [0, 0.1) is 0 Å². The van der Waals surface area contributed by atoms with Crippen molar-refractivity contribution in [2.75, 3.05) is 37.1 Å². The van der Waals surface area contributed by atoms with Crippen LogP contribution in [0.3, 0.4) is 0 Å². The molecule has 1 saturated heterocycles. The highest BCUT2D eigenvalue weighted by molar-refractivity contribution is 6.05. The summed E-state index contributed by atoms with van der Waals surface area (Å²) >= 11 is 0. The first-order chi connectivity index (χ1) is 14.2. The number of fused-ring (bicyclic) bond motifs is 2. The molecule has 3 heterocycles. The summed E-state index contributed by atoms with van der Waals surface area (Å²) in [6.45, 7) is 2.24. The maximum atomic E-state index is 12.7. The van der Waals surface area contributed by atoms with Crippen LogP contribution in [-0.4, -0.2) is 43.8 Å². The smallest absolute Gasteiger partial charge is 0.298 e. The number of nitrogens with zero attached hydrogens (tertiary/aromatic N) is 2. The van der Waals surface area contributed by atoms with Crippen LogP contribution in [0.5, 0.6) is 5.75 Å². The fourth-order valence-corrected chi connectivity index (χ4v) is 4.10. The lowest BCUT2D eigenvalue weighted by molar-refractivity contribution is 0.102. The molecule has 2 aliphatic heterocycles. The molecule has 1 amide bonds. The van der Waals surface area contributed by atoms with E-state index in [0.717, 1.165) is 42.6 Å². The van der Waals surface area contributed by atoms with E-state index in [1.807, 2.05) is 30.3 Å². The third-order valence-electron chi connectivity index (χ3n) is 5.57. The summed E-state index contributed by atoms with van der Waals surface area (Å²) in [5.41, 5.74) is 3.81. The van der Waals surface area contributed by atoms with E-state index in [2.05, 4.69) is 15.2 Å². The highest BCUT2D eigenvalue weighted by Gasteiger charge is 2.28. The van der Waals surface area contributed by atoms with Gasteiger partial charge in [-0.3, -0.25) is 4.79 Å². The number of anilines is 2. The molecule has 0 aliphatic carbocycles. The molecule has 150 valence electrons. The summed E-state index contributed by atoms with van der Waals surface area (Å²) in [7, 11) is 1.71. The van der Waals surface area contributed by atoms with Crippen LogP contribution in [0.4, 0.5) is 11.7 Å². The Hall–Kier alpha value is -3.06. The molecule has 7 nitrogen and oxygen atoms in total. The minimum Gasteiger partial charge on any atom is -0.493 e. The molecule has 2 aromatic carbocycles. The lowest BCUT2D eigenvalue weighted by Crippen LogP contribution is -2.32. The van der Waals surface area contributed by atoms with E-state index in [9.17, 15) is 4.79 Å². The highest BCUT2D eigenvalue weighted by Crippen LogP contribution is 2.30. The first-order valence-electron chi connectivity index (χ1n) is 9.94. The van der Waals surface area contributed by atoms with Crippen molar-refractivity contribution < 1.29 is 18.7 Å². The standard InChI is InChI=1S/C22H23N3O4/c1-27-13-17-3-2-9-25(17)22-24-18-12-16(5-7-20(18)29-22)23-21(26)15-4-6-19-14(11-15)8-10-28-19/h4-7,11-12,17H,2-3,8-10,13H2,1H3,(H,23,26). The van der Waals surface area contributed by atoms with E-state index in [4.69, 9.17) is 13.9 Å². The zero-order valence-electron chi connectivity index (χ0n) is 16.3. The molecule has 1 unspecified atom stereocenters. The molecule has 3 aromatic rings. The number of methoxy groups -OCH3 is 1. The predicted molar refractivity (Wildman–Crippen MR) is 110 cm³/mol. The van der Waals surface area contributed by atoms with Crippen LogP contribution in [-0.2, 0) is 11.2 Å². The number of amides is 1. The van der Waals surface area contributed by atoms with Crippen molar-refractivity contribution in [3.63, 3.8) is 0 Å². The van der Waals surface area contributed by atoms with Gasteiger partial charge in [0.1, 0.15) is 11.3 Å². The van der Waals surface area contributed by atoms with E-state index < -0.39 is 0 Å². The van der Waals surface area contributed by atoms with Crippen molar-refractivity contribution in [3.05, 3.63) is 47.5 Å². The van der Waals surface area contributed by atoms with Crippen LogP contribution in [0.2, 0.25) is 0 Å². The summed E-state index contributed by atoms with van der Waals surface area (Å²) in [4.78, 5) is 19.5. The molecule has 0 radical (unpaired) electrons. The number of nitrogens with one attached hydrogen (secondary N) is 1. The highest BCUT2D eigenvalue weighted by atomic mass is 16.5. The Morgan fingerprint density at radius 2 is 2.24 bits per heavy atom. The summed E-state index contributed by atoms with van der Waals surface area (Å²) < 4.78 is 16.8. The van der Waals surface area contributed by atoms with Crippen molar-refractivity contribution >= 4 is 28.7 Å². The Morgan fingerprint density at radius 1 is 1.31 bits per heavy atom. The van der Waals surface area contributed by atoms with Crippen molar-refractivity contribution in [1.29, 1.82) is 0 Å². The van der Waals surface area contributed by atoms with Gasteiger partial charge in [0.15, 0.2) is 5.58 Å². The summed E-state index contributed by atoms with van der Waals surface area (Å²) in [5, 5.41) is 2.95. The van der Waals surface area contributed by atoms with Gasteiger partial charge in [0.05, 0.1) is 19.3 Å². The molecule has 1 atom stereocenters. The molecule has 1 N–H and O–H groups in total. The lowest BCUT2D eigenvalue weighted by atomic mass is 10.1. The lowest BCUT2D eigenvalue weighted by Gasteiger charge is -2.21. The van der Waals surface area contributed by atoms with Crippen molar-refractivity contribution in [2.45, 2.75) is 25.3 Å². The van der Waals surface area contributed by atoms with Crippen molar-refractivity contribution in [1.82, 2.24) is 4.98 Å². The minimum atomic E-state index is -0.150. The number of benzene rings is 2. The fourth-order valence-electron chi connectivity index (χ4n) is 4.10. The topological polar surface area (TPSA) is 76.8 Å². The van der Waals surface area contributed by atoms with Gasteiger partial charge in [-0.15, -0.1) is 0 Å². The van der Waals surface area contributed by atoms with Gasteiger partial charge in [-0.1, -0.05) is 0 Å². The van der Waals surface area contributed by atoms with Gasteiger partial charge < -0.3 is 24.1 Å². The van der Waals surface area contributed by atoms with Crippen LogP contribution >= 0.6 is 0 Å². The van der Waals surface area contributed by atoms with Crippen LogP contribution in [0.25, 0.3) is 11.1 Å². The zero-order chi connectivity index (χ0) is 19.8. The van der Waals surface area contributed by atoms with Gasteiger partial charge in [-0.25, -0.2) is 0 Å². The monoisotopic (exact) mass is 393 g/mol. The van der Waals surface area contributed by atoms with Gasteiger partial charge in [0.2, 0.25) is 0 Å². The summed E-state index contributed by atoms with van der Waals surface area (Å²) in [5.74, 6) is 0.717. The number of ether oxygens (including phenoxy) is 2. The molecular formula is C22H23N3O4. The molecule has 0 saturated carbocycles. The molecular weight excluding hydrogens is 370 g/mol. The number of carbonyl (C=O) groups is 1. The number of aromatic nitrogens is 1. The number of hydrogen-bond donors (Lipinski definition) is 1. The average Bonchev–Trinajstić information content (AvgIpc) is 3.46. The summed E-state index contributed by atoms with van der Waals surface area (Å²) in [6, 6.07) is 12.0. The Labute approximate surface area is 168 Å². The maximum Gasteiger partial charge on any atom is 0.298 e. The number of oxazole rings is 1. The second-order valence-electron chi connectivity index (χ2n) is 7.50. The molecule has 5 rings (SSSR count). The van der Waals surface area contributed by atoms with Crippen molar-refractivity contribution in [2.24, 2.45) is 0 Å². The molecule has 0 spiro atoms. The van der Waals surface area contributed by atoms with E-state index >= 15 is 0 Å². The van der Waals surface area contributed by atoms with Gasteiger partial charge in [0, 0.05) is 31.3 Å². The fraction of sp³-hybridized carbons (Fsp3) is 0.364. The Balaban J connectivity index is 1.35. The van der Waals surface area contributed by atoms with E-state index in [-0.39, 0.29) is 11.9 Å². The number of rotatable bonds is 5. The Morgan fingerprint density at radius 3 is 3.14 bits per heavy atom. The predicted octanol–water partition coefficient (Wildman–Crippen LogP) is 3.63. The van der Waals surface area contributed by atoms with Gasteiger partial charge in [-0.05, 0) is 54.8 Å². The largest absolute Gasteiger partial charge is 0.493 e. The Kier molecular flexibility index (Phi) is 4.60. The number of hydrogen-bond acceptors (Lipinski definition) is 6. The molecule has 7 heteroatoms. The van der Waals surface area contributed by atoms with Crippen LogP contribution in [0.15, 0.2) is 40.8 Å². The SMILES string of the molecule is COCC1CCCN1c1nc2cc(NC(=O)c3ccc4c(c3)CCO4)ccc2o1. The first-order valence-corrected chi connectivity index (χ1v) is 9.94. The van der Waals surface area contributed by atoms with Gasteiger partial charge >= 0.3 is 0 Å². The van der Waals surface area contributed by atoms with Crippen LogP contribution in [0.1, 0.15) is 28.8 Å². The third kappa shape index (κ3) is 3.42. The van der Waals surface area contributed by atoms with E-state index in [0.29, 0.717) is 36.1 Å².